The number of carbonyl (C=O) groups excluding carboxylic acids is 2. The van der Waals surface area contributed by atoms with Crippen LogP contribution in [0, 0.1) is 6.92 Å². The smallest absolute Gasteiger partial charge is 0.415 e. The first kappa shape index (κ1) is 17.3. The third-order valence-corrected chi connectivity index (χ3v) is 4.46. The van der Waals surface area contributed by atoms with Crippen molar-refractivity contribution in [1.29, 1.82) is 0 Å². The van der Waals surface area contributed by atoms with Crippen LogP contribution in [0.15, 0.2) is 48.2 Å². The van der Waals surface area contributed by atoms with Gasteiger partial charge >= 0.3 is 6.09 Å². The van der Waals surface area contributed by atoms with Crippen LogP contribution in [0.4, 0.5) is 4.79 Å². The summed E-state index contributed by atoms with van der Waals surface area (Å²) >= 11 is 0. The molecule has 0 bridgehead atoms. The summed E-state index contributed by atoms with van der Waals surface area (Å²) in [4.78, 5) is 26.3. The summed E-state index contributed by atoms with van der Waals surface area (Å²) in [6.07, 6.45) is 1.28. The number of hydrogen-bond donors (Lipinski definition) is 0. The monoisotopic (exact) mass is 365 g/mol. The number of amides is 1. The zero-order chi connectivity index (χ0) is 18.8. The standard InChI is InChI=1S/C21H19NO5/c1-14-3-2-4-15(11-14)12-19-20(23)17-6-5-16(13-18(17)27-19)26-21(24)22-7-9-25-10-8-22/h2-6,11-13H,7-10H2,1H3/b19-12-. The SMILES string of the molecule is Cc1cccc(/C=C2\Oc3cc(OC(=O)N4CCOCC4)ccc3C2=O)c1. The second-order valence-corrected chi connectivity index (χ2v) is 6.48. The van der Waals surface area contributed by atoms with Gasteiger partial charge in [0.05, 0.1) is 18.8 Å². The number of allylic oxidation sites excluding steroid dienone is 1. The molecule has 0 N–H and O–H groups in total. The van der Waals surface area contributed by atoms with E-state index in [0.717, 1.165) is 11.1 Å². The Morgan fingerprint density at radius 2 is 1.96 bits per heavy atom. The summed E-state index contributed by atoms with van der Waals surface area (Å²) in [6.45, 7) is 4.00. The average molecular weight is 365 g/mol. The molecule has 1 saturated heterocycles. The van der Waals surface area contributed by atoms with E-state index in [0.29, 0.717) is 43.4 Å². The third kappa shape index (κ3) is 3.71. The predicted octanol–water partition coefficient (Wildman–Crippen LogP) is 3.44. The van der Waals surface area contributed by atoms with Gasteiger partial charge in [-0.15, -0.1) is 0 Å². The second kappa shape index (κ2) is 7.25. The molecular formula is C21H19NO5. The van der Waals surface area contributed by atoms with Gasteiger partial charge in [-0.2, -0.15) is 0 Å². The van der Waals surface area contributed by atoms with Crippen molar-refractivity contribution in [3.8, 4) is 11.5 Å². The molecule has 6 nitrogen and oxygen atoms in total. The van der Waals surface area contributed by atoms with Crippen LogP contribution in [-0.2, 0) is 4.74 Å². The lowest BCUT2D eigenvalue weighted by Gasteiger charge is -2.25. The van der Waals surface area contributed by atoms with E-state index in [-0.39, 0.29) is 11.5 Å². The number of hydrogen-bond acceptors (Lipinski definition) is 5. The molecule has 0 atom stereocenters. The van der Waals surface area contributed by atoms with Crippen LogP contribution >= 0.6 is 0 Å². The zero-order valence-corrected chi connectivity index (χ0v) is 14.9. The Bertz CT molecular complexity index is 928. The van der Waals surface area contributed by atoms with Gasteiger partial charge in [-0.05, 0) is 30.7 Å². The number of ether oxygens (including phenoxy) is 3. The van der Waals surface area contributed by atoms with Crippen molar-refractivity contribution in [2.45, 2.75) is 6.92 Å². The van der Waals surface area contributed by atoms with Crippen molar-refractivity contribution in [1.82, 2.24) is 4.90 Å². The molecule has 27 heavy (non-hydrogen) atoms. The maximum atomic E-state index is 12.5. The minimum Gasteiger partial charge on any atom is -0.452 e. The highest BCUT2D eigenvalue weighted by molar-refractivity contribution is 6.14. The molecule has 2 aromatic carbocycles. The number of nitrogens with zero attached hydrogens (tertiary/aromatic N) is 1. The van der Waals surface area contributed by atoms with Gasteiger partial charge in [0.25, 0.3) is 0 Å². The lowest BCUT2D eigenvalue weighted by molar-refractivity contribution is 0.0416. The first-order valence-electron chi connectivity index (χ1n) is 8.79. The molecule has 0 saturated carbocycles. The summed E-state index contributed by atoms with van der Waals surface area (Å²) in [5, 5.41) is 0. The fourth-order valence-electron chi connectivity index (χ4n) is 3.05. The molecule has 0 radical (unpaired) electrons. The lowest BCUT2D eigenvalue weighted by Crippen LogP contribution is -2.42. The van der Waals surface area contributed by atoms with Crippen LogP contribution in [0.2, 0.25) is 0 Å². The van der Waals surface area contributed by atoms with Crippen LogP contribution in [0.25, 0.3) is 6.08 Å². The van der Waals surface area contributed by atoms with Crippen LogP contribution in [0.5, 0.6) is 11.5 Å². The first-order chi connectivity index (χ1) is 13.1. The van der Waals surface area contributed by atoms with Crippen molar-refractivity contribution in [2.24, 2.45) is 0 Å². The van der Waals surface area contributed by atoms with E-state index in [2.05, 4.69) is 0 Å². The molecule has 4 rings (SSSR count). The van der Waals surface area contributed by atoms with Gasteiger partial charge in [0, 0.05) is 19.2 Å². The first-order valence-corrected chi connectivity index (χ1v) is 8.79. The highest BCUT2D eigenvalue weighted by Gasteiger charge is 2.28. The number of morpholine rings is 1. The summed E-state index contributed by atoms with van der Waals surface area (Å²) < 4.78 is 16.3. The topological polar surface area (TPSA) is 65.1 Å². The molecule has 0 aliphatic carbocycles. The fraction of sp³-hybridized carbons (Fsp3) is 0.238. The number of ketones is 1. The van der Waals surface area contributed by atoms with E-state index < -0.39 is 6.09 Å². The molecule has 2 aliphatic rings. The van der Waals surface area contributed by atoms with Gasteiger partial charge in [-0.3, -0.25) is 4.79 Å². The molecule has 0 spiro atoms. The van der Waals surface area contributed by atoms with Gasteiger partial charge < -0.3 is 19.1 Å². The molecule has 0 aromatic heterocycles. The summed E-state index contributed by atoms with van der Waals surface area (Å²) in [6, 6.07) is 12.6. The van der Waals surface area contributed by atoms with E-state index in [1.165, 1.54) is 0 Å². The zero-order valence-electron chi connectivity index (χ0n) is 14.9. The number of carbonyl (C=O) groups is 2. The Hall–Kier alpha value is -3.12. The van der Waals surface area contributed by atoms with Crippen molar-refractivity contribution < 1.29 is 23.8 Å². The summed E-state index contributed by atoms with van der Waals surface area (Å²) in [5.74, 6) is 0.811. The van der Waals surface area contributed by atoms with Gasteiger partial charge in [-0.1, -0.05) is 29.8 Å². The Morgan fingerprint density at radius 1 is 1.15 bits per heavy atom. The summed E-state index contributed by atoms with van der Waals surface area (Å²) in [5.41, 5.74) is 2.45. The minimum atomic E-state index is -0.432. The largest absolute Gasteiger partial charge is 0.452 e. The molecule has 2 heterocycles. The van der Waals surface area contributed by atoms with Gasteiger partial charge in [-0.25, -0.2) is 4.79 Å². The van der Waals surface area contributed by atoms with Crippen molar-refractivity contribution >= 4 is 18.0 Å². The maximum absolute atomic E-state index is 12.5. The molecule has 1 fully saturated rings. The second-order valence-electron chi connectivity index (χ2n) is 6.48. The van der Waals surface area contributed by atoms with Crippen LogP contribution in [0.1, 0.15) is 21.5 Å². The van der Waals surface area contributed by atoms with E-state index in [9.17, 15) is 9.59 Å². The molecular weight excluding hydrogens is 346 g/mol. The molecule has 6 heteroatoms. The Balaban J connectivity index is 1.51. The normalized spacial score (nSPS) is 17.6. The molecule has 1 amide bonds. The predicted molar refractivity (Wildman–Crippen MR) is 99.0 cm³/mol. The van der Waals surface area contributed by atoms with E-state index in [1.807, 2.05) is 31.2 Å². The van der Waals surface area contributed by atoms with Crippen molar-refractivity contribution in [2.75, 3.05) is 26.3 Å². The molecule has 0 unspecified atom stereocenters. The van der Waals surface area contributed by atoms with Crippen LogP contribution in [-0.4, -0.2) is 43.1 Å². The van der Waals surface area contributed by atoms with Gasteiger partial charge in [0.2, 0.25) is 5.78 Å². The molecule has 138 valence electrons. The number of fused-ring (bicyclic) bond motifs is 1. The van der Waals surface area contributed by atoms with Crippen molar-refractivity contribution in [3.05, 3.63) is 64.9 Å². The number of rotatable bonds is 2. The number of aryl methyl sites for hydroxylation is 1. The quantitative estimate of drug-likeness (QED) is 0.763. The highest BCUT2D eigenvalue weighted by atomic mass is 16.6. The molecule has 2 aliphatic heterocycles. The maximum Gasteiger partial charge on any atom is 0.415 e. The van der Waals surface area contributed by atoms with E-state index >= 15 is 0 Å². The van der Waals surface area contributed by atoms with E-state index in [4.69, 9.17) is 14.2 Å². The van der Waals surface area contributed by atoms with Gasteiger partial charge in [0.15, 0.2) is 5.76 Å². The number of Topliss-reactive ketones (excluding diaryl/α,β-unsaturated/α-hetero) is 1. The highest BCUT2D eigenvalue weighted by Crippen LogP contribution is 2.35. The Kier molecular flexibility index (Phi) is 4.64. The Labute approximate surface area is 156 Å². The third-order valence-electron chi connectivity index (χ3n) is 4.46. The number of benzene rings is 2. The van der Waals surface area contributed by atoms with Gasteiger partial charge in [0.1, 0.15) is 11.5 Å². The lowest BCUT2D eigenvalue weighted by atomic mass is 10.1. The minimum absolute atomic E-state index is 0.183. The van der Waals surface area contributed by atoms with Crippen molar-refractivity contribution in [3.63, 3.8) is 0 Å². The molecule has 2 aromatic rings. The van der Waals surface area contributed by atoms with Crippen LogP contribution < -0.4 is 9.47 Å². The Morgan fingerprint density at radius 3 is 2.74 bits per heavy atom. The average Bonchev–Trinajstić information content (AvgIpc) is 2.97. The summed E-state index contributed by atoms with van der Waals surface area (Å²) in [7, 11) is 0. The fourth-order valence-corrected chi connectivity index (χ4v) is 3.05. The van der Waals surface area contributed by atoms with Crippen LogP contribution in [0.3, 0.4) is 0 Å². The van der Waals surface area contributed by atoms with E-state index in [1.54, 1.807) is 29.2 Å².